The number of hydrogen-bond acceptors (Lipinski definition) is 8. The minimum atomic E-state index is -4.40. The molecule has 0 bridgehead atoms. The molecule has 4 rings (SSSR count). The van der Waals surface area contributed by atoms with Gasteiger partial charge < -0.3 is 8.83 Å². The average Bonchev–Trinajstić information content (AvgIpc) is 3.13. The van der Waals surface area contributed by atoms with Crippen LogP contribution in [-0.2, 0) is 26.7 Å². The summed E-state index contributed by atoms with van der Waals surface area (Å²) in [5.41, 5.74) is 1.75. The van der Waals surface area contributed by atoms with Gasteiger partial charge in [0.1, 0.15) is 27.2 Å². The summed E-state index contributed by atoms with van der Waals surface area (Å²) in [4.78, 5) is 7.96. The lowest BCUT2D eigenvalue weighted by Crippen LogP contribution is -2.00. The lowest BCUT2D eigenvalue weighted by Gasteiger charge is -2.00. The molecule has 4 aromatic rings. The number of aromatic nitrogens is 2. The first-order chi connectivity index (χ1) is 13.4. The van der Waals surface area contributed by atoms with Crippen molar-refractivity contribution in [1.29, 1.82) is 0 Å². The largest absolute Gasteiger partial charge is 0.440 e. The summed E-state index contributed by atoms with van der Waals surface area (Å²) >= 11 is 0. The van der Waals surface area contributed by atoms with E-state index in [4.69, 9.17) is 8.83 Å². The normalized spacial score (nSPS) is 12.8. The smallest absolute Gasteiger partial charge is 0.294 e. The SMILES string of the molecule is Cc1cc2nc(Cc3nc4cc(C)c(S(=O)(=O)O)cc4o3)oc2cc1S(=O)(=O)O. The highest BCUT2D eigenvalue weighted by atomic mass is 32.2. The zero-order chi connectivity index (χ0) is 21.1. The predicted molar refractivity (Wildman–Crippen MR) is 99.9 cm³/mol. The minimum absolute atomic E-state index is 0.0177. The van der Waals surface area contributed by atoms with Crippen LogP contribution in [0.3, 0.4) is 0 Å². The van der Waals surface area contributed by atoms with Gasteiger partial charge in [-0.15, -0.1) is 0 Å². The summed E-state index contributed by atoms with van der Waals surface area (Å²) in [6, 6.07) is 5.31. The number of hydrogen-bond donors (Lipinski definition) is 2. The number of rotatable bonds is 4. The fourth-order valence-corrected chi connectivity index (χ4v) is 4.49. The summed E-state index contributed by atoms with van der Waals surface area (Å²) in [5.74, 6) is 0.371. The lowest BCUT2D eigenvalue weighted by molar-refractivity contribution is 0.479. The van der Waals surface area contributed by atoms with Crippen molar-refractivity contribution < 1.29 is 34.8 Å². The van der Waals surface area contributed by atoms with E-state index in [-0.39, 0.29) is 39.2 Å². The first-order valence-corrected chi connectivity index (χ1v) is 11.0. The van der Waals surface area contributed by atoms with E-state index in [1.54, 1.807) is 0 Å². The van der Waals surface area contributed by atoms with E-state index in [1.807, 2.05) is 0 Å². The molecule has 29 heavy (non-hydrogen) atoms. The van der Waals surface area contributed by atoms with Gasteiger partial charge in [-0.1, -0.05) is 0 Å². The van der Waals surface area contributed by atoms with Gasteiger partial charge in [0.25, 0.3) is 20.2 Å². The number of benzene rings is 2. The first kappa shape index (κ1) is 19.5. The molecule has 0 saturated carbocycles. The van der Waals surface area contributed by atoms with Crippen LogP contribution < -0.4 is 0 Å². The van der Waals surface area contributed by atoms with E-state index in [1.165, 1.54) is 38.1 Å². The number of oxazole rings is 2. The Balaban J connectivity index is 1.74. The Hall–Kier alpha value is -2.80. The molecule has 0 unspecified atom stereocenters. The molecule has 0 saturated heterocycles. The molecular weight excluding hydrogens is 424 g/mol. The van der Waals surface area contributed by atoms with Crippen molar-refractivity contribution >= 4 is 42.4 Å². The maximum atomic E-state index is 11.4. The molecule has 2 heterocycles. The van der Waals surface area contributed by atoms with Gasteiger partial charge in [-0.3, -0.25) is 9.11 Å². The highest BCUT2D eigenvalue weighted by molar-refractivity contribution is 7.86. The lowest BCUT2D eigenvalue weighted by atomic mass is 10.2. The zero-order valence-corrected chi connectivity index (χ0v) is 16.7. The van der Waals surface area contributed by atoms with E-state index >= 15 is 0 Å². The van der Waals surface area contributed by atoms with Crippen molar-refractivity contribution in [2.45, 2.75) is 30.1 Å². The van der Waals surface area contributed by atoms with Gasteiger partial charge >= 0.3 is 0 Å². The van der Waals surface area contributed by atoms with Crippen LogP contribution in [0.15, 0.2) is 42.9 Å². The highest BCUT2D eigenvalue weighted by Crippen LogP contribution is 2.27. The van der Waals surface area contributed by atoms with Crippen LogP contribution in [0.2, 0.25) is 0 Å². The summed E-state index contributed by atoms with van der Waals surface area (Å²) in [6.45, 7) is 3.04. The molecule has 152 valence electrons. The Bertz CT molecular complexity index is 1380. The molecule has 0 atom stereocenters. The monoisotopic (exact) mass is 438 g/mol. The number of aryl methyl sites for hydroxylation is 2. The van der Waals surface area contributed by atoms with E-state index in [0.29, 0.717) is 22.2 Å². The quantitative estimate of drug-likeness (QED) is 0.453. The van der Waals surface area contributed by atoms with Crippen LogP contribution in [0.1, 0.15) is 22.9 Å². The third-order valence-electron chi connectivity index (χ3n) is 4.32. The molecule has 2 aromatic heterocycles. The molecule has 0 aliphatic rings. The van der Waals surface area contributed by atoms with Gasteiger partial charge in [0, 0.05) is 12.1 Å². The van der Waals surface area contributed by atoms with Gasteiger partial charge in [-0.05, 0) is 37.1 Å². The Labute approximate surface area is 164 Å². The van der Waals surface area contributed by atoms with Crippen molar-refractivity contribution in [3.8, 4) is 0 Å². The second-order valence-corrected chi connectivity index (χ2v) is 9.29. The topological polar surface area (TPSA) is 161 Å². The molecule has 2 N–H and O–H groups in total. The maximum Gasteiger partial charge on any atom is 0.294 e. The van der Waals surface area contributed by atoms with Crippen molar-refractivity contribution in [2.24, 2.45) is 0 Å². The molecule has 0 fully saturated rings. The van der Waals surface area contributed by atoms with Gasteiger partial charge in [0.05, 0.1) is 0 Å². The number of nitrogens with zero attached hydrogens (tertiary/aromatic N) is 2. The van der Waals surface area contributed by atoms with Crippen LogP contribution in [0.4, 0.5) is 0 Å². The van der Waals surface area contributed by atoms with Crippen molar-refractivity contribution in [1.82, 2.24) is 9.97 Å². The predicted octanol–water partition coefficient (Wildman–Crippen LogP) is 2.67. The third-order valence-corrected chi connectivity index (χ3v) is 6.31. The molecule has 0 radical (unpaired) electrons. The molecular formula is C17H14N2O8S2. The standard InChI is InChI=1S/C17H14N2O8S2/c1-8-3-10-12(5-14(8)28(20,21)22)26-16(18-10)7-17-19-11-4-9(2)15(29(23,24)25)6-13(11)27-17/h3-6H,7H2,1-2H3,(H,20,21,22)(H,23,24,25). The van der Waals surface area contributed by atoms with Crippen molar-refractivity contribution in [3.63, 3.8) is 0 Å². The molecule has 12 heteroatoms. The van der Waals surface area contributed by atoms with Gasteiger partial charge in [-0.25, -0.2) is 9.97 Å². The van der Waals surface area contributed by atoms with E-state index in [9.17, 15) is 25.9 Å². The van der Waals surface area contributed by atoms with E-state index < -0.39 is 20.2 Å². The minimum Gasteiger partial charge on any atom is -0.440 e. The second kappa shape index (κ2) is 6.35. The fourth-order valence-electron chi connectivity index (χ4n) is 3.05. The Morgan fingerprint density at radius 1 is 0.759 bits per heavy atom. The van der Waals surface area contributed by atoms with Crippen molar-refractivity contribution in [3.05, 3.63) is 47.2 Å². The van der Waals surface area contributed by atoms with Crippen LogP contribution in [-0.4, -0.2) is 35.9 Å². The molecule has 10 nitrogen and oxygen atoms in total. The van der Waals surface area contributed by atoms with Gasteiger partial charge in [-0.2, -0.15) is 16.8 Å². The summed E-state index contributed by atoms with van der Waals surface area (Å²) in [7, 11) is -8.80. The first-order valence-electron chi connectivity index (χ1n) is 8.17. The summed E-state index contributed by atoms with van der Waals surface area (Å²) in [6.07, 6.45) is 0.0177. The fraction of sp³-hybridized carbons (Fsp3) is 0.176. The Morgan fingerprint density at radius 2 is 1.14 bits per heavy atom. The molecule has 0 spiro atoms. The summed E-state index contributed by atoms with van der Waals surface area (Å²) in [5, 5.41) is 0. The third kappa shape index (κ3) is 3.62. The van der Waals surface area contributed by atoms with Gasteiger partial charge in [0.15, 0.2) is 11.2 Å². The molecule has 2 aromatic carbocycles. The molecule has 0 aliphatic carbocycles. The Kier molecular flexibility index (Phi) is 4.27. The van der Waals surface area contributed by atoms with E-state index in [2.05, 4.69) is 9.97 Å². The van der Waals surface area contributed by atoms with Crippen LogP contribution in [0.25, 0.3) is 22.2 Å². The molecule has 0 aliphatic heterocycles. The van der Waals surface area contributed by atoms with Crippen LogP contribution in [0, 0.1) is 13.8 Å². The zero-order valence-electron chi connectivity index (χ0n) is 15.1. The summed E-state index contributed by atoms with van der Waals surface area (Å²) < 4.78 is 75.3. The van der Waals surface area contributed by atoms with Crippen LogP contribution in [0.5, 0.6) is 0 Å². The molecule has 0 amide bonds. The number of fused-ring (bicyclic) bond motifs is 2. The second-order valence-electron chi connectivity index (χ2n) is 6.51. The van der Waals surface area contributed by atoms with E-state index in [0.717, 1.165) is 0 Å². The maximum absolute atomic E-state index is 11.4. The van der Waals surface area contributed by atoms with Crippen LogP contribution >= 0.6 is 0 Å². The highest BCUT2D eigenvalue weighted by Gasteiger charge is 2.20. The van der Waals surface area contributed by atoms with Gasteiger partial charge in [0.2, 0.25) is 11.8 Å². The Morgan fingerprint density at radius 3 is 1.48 bits per heavy atom. The van der Waals surface area contributed by atoms with Crippen molar-refractivity contribution in [2.75, 3.05) is 0 Å². The average molecular weight is 438 g/mol.